The molecule has 0 amide bonds. The number of methoxy groups -OCH3 is 1. The first kappa shape index (κ1) is 14.2. The van der Waals surface area contributed by atoms with E-state index in [1.54, 1.807) is 6.92 Å². The Bertz CT molecular complexity index is 614. The maximum atomic E-state index is 12.1. The van der Waals surface area contributed by atoms with Crippen LogP contribution in [0, 0.1) is 18.3 Å². The molecule has 0 radical (unpaired) electrons. The average Bonchev–Trinajstić information content (AvgIpc) is 2.93. The molecule has 0 saturated carbocycles. The quantitative estimate of drug-likeness (QED) is 0.770. The standard InChI is InChI=1S/C14H19N3O4/c1-9-15-11(3-12(18)16-9)5-17-4-10-6-21-8-14(10,7-17)13(19)20-2/h3,10H,4-8H2,1-2H3,(H,15,16,18)/t10-,14-/m0/s1. The van der Waals surface area contributed by atoms with Gasteiger partial charge in [0.1, 0.15) is 11.2 Å². The number of likely N-dealkylation sites (tertiary alicyclic amines) is 1. The predicted octanol–water partition coefficient (Wildman–Crippen LogP) is -0.300. The molecule has 0 aromatic carbocycles. The molecule has 0 bridgehead atoms. The van der Waals surface area contributed by atoms with Gasteiger partial charge in [-0.3, -0.25) is 14.5 Å². The van der Waals surface area contributed by atoms with Gasteiger partial charge in [-0.15, -0.1) is 0 Å². The Morgan fingerprint density at radius 1 is 1.67 bits per heavy atom. The maximum absolute atomic E-state index is 12.1. The van der Waals surface area contributed by atoms with Crippen molar-refractivity contribution >= 4 is 5.97 Å². The molecule has 1 aromatic rings. The predicted molar refractivity (Wildman–Crippen MR) is 73.6 cm³/mol. The van der Waals surface area contributed by atoms with E-state index < -0.39 is 5.41 Å². The lowest BCUT2D eigenvalue weighted by molar-refractivity contribution is -0.153. The molecule has 2 atom stereocenters. The minimum atomic E-state index is -0.564. The lowest BCUT2D eigenvalue weighted by Gasteiger charge is -2.23. The second kappa shape index (κ2) is 5.23. The minimum Gasteiger partial charge on any atom is -0.468 e. The van der Waals surface area contributed by atoms with Crippen LogP contribution in [0.1, 0.15) is 11.5 Å². The molecule has 3 rings (SSSR count). The van der Waals surface area contributed by atoms with E-state index >= 15 is 0 Å². The smallest absolute Gasteiger partial charge is 0.315 e. The fourth-order valence-corrected chi connectivity index (χ4v) is 3.40. The Labute approximate surface area is 122 Å². The third-order valence-electron chi connectivity index (χ3n) is 4.34. The number of hydrogen-bond acceptors (Lipinski definition) is 6. The van der Waals surface area contributed by atoms with Crippen LogP contribution in [-0.4, -0.2) is 54.3 Å². The van der Waals surface area contributed by atoms with E-state index in [0.29, 0.717) is 32.1 Å². The first-order valence-electron chi connectivity index (χ1n) is 6.99. The Morgan fingerprint density at radius 2 is 2.48 bits per heavy atom. The highest BCUT2D eigenvalue weighted by Crippen LogP contribution is 2.42. The molecule has 2 aliphatic heterocycles. The van der Waals surface area contributed by atoms with Crippen molar-refractivity contribution in [2.24, 2.45) is 11.3 Å². The van der Waals surface area contributed by atoms with E-state index in [2.05, 4.69) is 14.9 Å². The molecule has 0 spiro atoms. The van der Waals surface area contributed by atoms with Crippen LogP contribution in [0.4, 0.5) is 0 Å². The Kier molecular flexibility index (Phi) is 3.54. The number of H-pyrrole nitrogens is 1. The number of ether oxygens (including phenoxy) is 2. The summed E-state index contributed by atoms with van der Waals surface area (Å²) in [5.41, 5.74) is 0.00501. The highest BCUT2D eigenvalue weighted by molar-refractivity contribution is 5.78. The van der Waals surface area contributed by atoms with Crippen LogP contribution >= 0.6 is 0 Å². The summed E-state index contributed by atoms with van der Waals surface area (Å²) in [6.45, 7) is 4.63. The topological polar surface area (TPSA) is 84.5 Å². The lowest BCUT2D eigenvalue weighted by Crippen LogP contribution is -2.40. The third-order valence-corrected chi connectivity index (χ3v) is 4.34. The van der Waals surface area contributed by atoms with Gasteiger partial charge in [-0.25, -0.2) is 4.98 Å². The largest absolute Gasteiger partial charge is 0.468 e. The highest BCUT2D eigenvalue weighted by atomic mass is 16.5. The molecule has 3 heterocycles. The molecular weight excluding hydrogens is 274 g/mol. The van der Waals surface area contributed by atoms with Gasteiger partial charge in [0.2, 0.25) is 0 Å². The van der Waals surface area contributed by atoms with Crippen molar-refractivity contribution in [2.45, 2.75) is 13.5 Å². The fraction of sp³-hybridized carbons (Fsp3) is 0.643. The molecule has 1 aromatic heterocycles. The number of hydrogen-bond donors (Lipinski definition) is 1. The molecule has 0 aliphatic carbocycles. The number of aromatic amines is 1. The number of rotatable bonds is 3. The zero-order valence-corrected chi connectivity index (χ0v) is 12.2. The van der Waals surface area contributed by atoms with Gasteiger partial charge in [-0.2, -0.15) is 0 Å². The van der Waals surface area contributed by atoms with Crippen molar-refractivity contribution in [1.29, 1.82) is 0 Å². The number of nitrogens with one attached hydrogen (secondary N) is 1. The van der Waals surface area contributed by atoms with Gasteiger partial charge in [0.05, 0.1) is 26.0 Å². The van der Waals surface area contributed by atoms with Crippen molar-refractivity contribution in [2.75, 3.05) is 33.4 Å². The first-order valence-corrected chi connectivity index (χ1v) is 6.99. The molecule has 0 unspecified atom stereocenters. The number of fused-ring (bicyclic) bond motifs is 1. The van der Waals surface area contributed by atoms with Crippen molar-refractivity contribution in [3.05, 3.63) is 27.9 Å². The zero-order chi connectivity index (χ0) is 15.0. The van der Waals surface area contributed by atoms with Crippen LogP contribution in [0.3, 0.4) is 0 Å². The molecular formula is C14H19N3O4. The lowest BCUT2D eigenvalue weighted by atomic mass is 9.81. The summed E-state index contributed by atoms with van der Waals surface area (Å²) in [5.74, 6) is 0.540. The van der Waals surface area contributed by atoms with Crippen LogP contribution < -0.4 is 5.56 Å². The molecule has 2 aliphatic rings. The molecule has 21 heavy (non-hydrogen) atoms. The summed E-state index contributed by atoms with van der Waals surface area (Å²) < 4.78 is 10.4. The Morgan fingerprint density at radius 3 is 3.19 bits per heavy atom. The normalized spacial score (nSPS) is 28.6. The van der Waals surface area contributed by atoms with Crippen LogP contribution in [0.25, 0.3) is 0 Å². The summed E-state index contributed by atoms with van der Waals surface area (Å²) in [6, 6.07) is 1.50. The average molecular weight is 293 g/mol. The SMILES string of the molecule is COC(=O)[C@@]12COC[C@@H]1CN(Cc1cc(=O)[nH]c(C)n1)C2. The van der Waals surface area contributed by atoms with Crippen LogP contribution in [0.2, 0.25) is 0 Å². The van der Waals surface area contributed by atoms with E-state index in [1.165, 1.54) is 13.2 Å². The number of aryl methyl sites for hydroxylation is 1. The summed E-state index contributed by atoms with van der Waals surface area (Å²) in [4.78, 5) is 32.7. The highest BCUT2D eigenvalue weighted by Gasteiger charge is 2.56. The van der Waals surface area contributed by atoms with Gasteiger partial charge in [0, 0.05) is 31.6 Å². The number of aromatic nitrogens is 2. The summed E-state index contributed by atoms with van der Waals surface area (Å²) >= 11 is 0. The van der Waals surface area contributed by atoms with E-state index in [0.717, 1.165) is 12.2 Å². The maximum Gasteiger partial charge on any atom is 0.315 e. The van der Waals surface area contributed by atoms with Gasteiger partial charge in [0.15, 0.2) is 0 Å². The summed E-state index contributed by atoms with van der Waals surface area (Å²) in [7, 11) is 1.41. The van der Waals surface area contributed by atoms with Crippen LogP contribution in [-0.2, 0) is 20.8 Å². The molecule has 1 N–H and O–H groups in total. The van der Waals surface area contributed by atoms with Crippen molar-refractivity contribution < 1.29 is 14.3 Å². The van der Waals surface area contributed by atoms with E-state index in [4.69, 9.17) is 9.47 Å². The monoisotopic (exact) mass is 293 g/mol. The van der Waals surface area contributed by atoms with Gasteiger partial charge < -0.3 is 14.5 Å². The van der Waals surface area contributed by atoms with Crippen molar-refractivity contribution in [3.63, 3.8) is 0 Å². The Balaban J connectivity index is 1.77. The van der Waals surface area contributed by atoms with E-state index in [-0.39, 0.29) is 17.4 Å². The van der Waals surface area contributed by atoms with E-state index in [1.807, 2.05) is 0 Å². The molecule has 114 valence electrons. The second-order valence-electron chi connectivity index (χ2n) is 5.85. The first-order chi connectivity index (χ1) is 10.0. The van der Waals surface area contributed by atoms with Crippen LogP contribution in [0.15, 0.2) is 10.9 Å². The Hall–Kier alpha value is -1.73. The summed E-state index contributed by atoms with van der Waals surface area (Å²) in [5, 5.41) is 0. The fourth-order valence-electron chi connectivity index (χ4n) is 3.40. The van der Waals surface area contributed by atoms with Crippen molar-refractivity contribution in [3.8, 4) is 0 Å². The van der Waals surface area contributed by atoms with E-state index in [9.17, 15) is 9.59 Å². The van der Waals surface area contributed by atoms with Gasteiger partial charge >= 0.3 is 5.97 Å². The van der Waals surface area contributed by atoms with Crippen LogP contribution in [0.5, 0.6) is 0 Å². The third kappa shape index (κ3) is 2.47. The summed E-state index contributed by atoms with van der Waals surface area (Å²) in [6.07, 6.45) is 0. The number of nitrogens with zero attached hydrogens (tertiary/aromatic N) is 2. The van der Waals surface area contributed by atoms with Crippen molar-refractivity contribution in [1.82, 2.24) is 14.9 Å². The van der Waals surface area contributed by atoms with Gasteiger partial charge in [0.25, 0.3) is 5.56 Å². The molecule has 7 heteroatoms. The number of carbonyl (C=O) groups is 1. The number of esters is 1. The zero-order valence-electron chi connectivity index (χ0n) is 12.2. The second-order valence-corrected chi connectivity index (χ2v) is 5.85. The van der Waals surface area contributed by atoms with Gasteiger partial charge in [-0.1, -0.05) is 0 Å². The molecule has 2 saturated heterocycles. The van der Waals surface area contributed by atoms with Gasteiger partial charge in [-0.05, 0) is 6.92 Å². The molecule has 2 fully saturated rings. The number of carbonyl (C=O) groups excluding carboxylic acids is 1. The minimum absolute atomic E-state index is 0.146. The molecule has 7 nitrogen and oxygen atoms in total.